The molecule has 0 amide bonds. The van der Waals surface area contributed by atoms with Gasteiger partial charge in [0.1, 0.15) is 11.4 Å². The lowest BCUT2D eigenvalue weighted by atomic mass is 9.96. The van der Waals surface area contributed by atoms with Crippen molar-refractivity contribution in [3.8, 4) is 11.1 Å². The quantitative estimate of drug-likeness (QED) is 0.246. The molecule has 0 saturated heterocycles. The van der Waals surface area contributed by atoms with Gasteiger partial charge in [0, 0.05) is 24.8 Å². The molecule has 2 aromatic carbocycles. The molecule has 3 rings (SSSR count). The molecule has 7 heteroatoms. The summed E-state index contributed by atoms with van der Waals surface area (Å²) in [7, 11) is 1.19. The maximum Gasteiger partial charge on any atom is 0.379 e. The fourth-order valence-electron chi connectivity index (χ4n) is 3.69. The van der Waals surface area contributed by atoms with Gasteiger partial charge in [-0.3, -0.25) is 4.79 Å². The molecule has 0 radical (unpaired) electrons. The van der Waals surface area contributed by atoms with Gasteiger partial charge in [0.25, 0.3) is 5.78 Å². The highest BCUT2D eigenvalue weighted by Crippen LogP contribution is 2.26. The van der Waals surface area contributed by atoms with E-state index in [9.17, 15) is 14.4 Å². The Morgan fingerprint density at radius 1 is 0.912 bits per heavy atom. The molecule has 0 aliphatic rings. The molecule has 0 fully saturated rings. The normalized spacial score (nSPS) is 10.4. The van der Waals surface area contributed by atoms with Crippen LogP contribution in [0.2, 0.25) is 0 Å². The van der Waals surface area contributed by atoms with Crippen LogP contribution in [0.4, 0.5) is 5.82 Å². The van der Waals surface area contributed by atoms with Gasteiger partial charge >= 0.3 is 11.9 Å². The van der Waals surface area contributed by atoms with Gasteiger partial charge in [0.2, 0.25) is 0 Å². The first-order chi connectivity index (χ1) is 16.5. The summed E-state index contributed by atoms with van der Waals surface area (Å²) in [5.41, 5.74) is 3.20. The van der Waals surface area contributed by atoms with Crippen LogP contribution in [-0.2, 0) is 20.8 Å². The van der Waals surface area contributed by atoms with Gasteiger partial charge in [-0.1, -0.05) is 55.5 Å². The van der Waals surface area contributed by atoms with E-state index < -0.39 is 17.7 Å². The van der Waals surface area contributed by atoms with Crippen molar-refractivity contribution < 1.29 is 23.9 Å². The number of anilines is 1. The number of esters is 2. The number of rotatable bonds is 10. The molecule has 0 atom stereocenters. The monoisotopic (exact) mass is 460 g/mol. The van der Waals surface area contributed by atoms with E-state index in [4.69, 9.17) is 4.74 Å². The van der Waals surface area contributed by atoms with E-state index >= 15 is 0 Å². The summed E-state index contributed by atoms with van der Waals surface area (Å²) in [5, 5.41) is 0. The SMILES string of the molecule is CCCN(Cc1ccc(-c2ccccc2C(=O)C(=O)OC)cc1)c1ncccc1C(=O)OCC. The maximum absolute atomic E-state index is 12.4. The zero-order valence-electron chi connectivity index (χ0n) is 19.6. The lowest BCUT2D eigenvalue weighted by molar-refractivity contribution is -0.135. The molecule has 0 aliphatic heterocycles. The first-order valence-corrected chi connectivity index (χ1v) is 11.2. The Morgan fingerprint density at radius 3 is 2.29 bits per heavy atom. The highest BCUT2D eigenvalue weighted by atomic mass is 16.5. The smallest absolute Gasteiger partial charge is 0.379 e. The van der Waals surface area contributed by atoms with Gasteiger partial charge in [-0.15, -0.1) is 0 Å². The Kier molecular flexibility index (Phi) is 8.51. The summed E-state index contributed by atoms with van der Waals surface area (Å²) in [6, 6.07) is 18.1. The number of aromatic nitrogens is 1. The number of hydrogen-bond acceptors (Lipinski definition) is 7. The zero-order chi connectivity index (χ0) is 24.5. The van der Waals surface area contributed by atoms with Crippen molar-refractivity contribution in [2.75, 3.05) is 25.2 Å². The second-order valence-corrected chi connectivity index (χ2v) is 7.58. The van der Waals surface area contributed by atoms with Gasteiger partial charge < -0.3 is 14.4 Å². The van der Waals surface area contributed by atoms with Gasteiger partial charge in [-0.2, -0.15) is 0 Å². The summed E-state index contributed by atoms with van der Waals surface area (Å²) in [6.45, 7) is 5.39. The average Bonchev–Trinajstić information content (AvgIpc) is 2.88. The summed E-state index contributed by atoms with van der Waals surface area (Å²) < 4.78 is 9.80. The molecule has 3 aromatic rings. The van der Waals surface area contributed by atoms with Crippen LogP contribution in [0.3, 0.4) is 0 Å². The van der Waals surface area contributed by atoms with Crippen molar-refractivity contribution in [1.29, 1.82) is 0 Å². The van der Waals surface area contributed by atoms with E-state index in [0.717, 1.165) is 17.5 Å². The Labute approximate surface area is 199 Å². The molecule has 0 saturated carbocycles. The topological polar surface area (TPSA) is 85.8 Å². The molecule has 0 aliphatic carbocycles. The van der Waals surface area contributed by atoms with E-state index in [-0.39, 0.29) is 0 Å². The molecule has 0 bridgehead atoms. The van der Waals surface area contributed by atoms with Gasteiger partial charge in [0.15, 0.2) is 0 Å². The van der Waals surface area contributed by atoms with Crippen LogP contribution < -0.4 is 4.90 Å². The molecule has 176 valence electrons. The number of benzene rings is 2. The standard InChI is InChI=1S/C27H28N2O5/c1-4-17-29(25-23(11-8-16-28-25)26(31)34-5-2)18-19-12-14-20(15-13-19)21-9-6-7-10-22(21)24(30)27(32)33-3/h6-16H,4-5,17-18H2,1-3H3. The van der Waals surface area contributed by atoms with Crippen LogP contribution in [0.25, 0.3) is 11.1 Å². The van der Waals surface area contributed by atoms with Crippen molar-refractivity contribution in [3.63, 3.8) is 0 Å². The highest BCUT2D eigenvalue weighted by Gasteiger charge is 2.21. The first kappa shape index (κ1) is 24.6. The number of carbonyl (C=O) groups is 3. The number of nitrogens with zero attached hydrogens (tertiary/aromatic N) is 2. The molecule has 7 nitrogen and oxygen atoms in total. The van der Waals surface area contributed by atoms with Crippen LogP contribution in [0, 0.1) is 0 Å². The molecule has 1 heterocycles. The molecular formula is C27H28N2O5. The Hall–Kier alpha value is -4.00. The average molecular weight is 461 g/mol. The van der Waals surface area contributed by atoms with Crippen LogP contribution in [0.1, 0.15) is 46.5 Å². The summed E-state index contributed by atoms with van der Waals surface area (Å²) in [5.74, 6) is -1.39. The lowest BCUT2D eigenvalue weighted by Crippen LogP contribution is -2.27. The lowest BCUT2D eigenvalue weighted by Gasteiger charge is -2.25. The minimum absolute atomic E-state index is 0.294. The number of ether oxygens (including phenoxy) is 2. The summed E-state index contributed by atoms with van der Waals surface area (Å²) >= 11 is 0. The highest BCUT2D eigenvalue weighted by molar-refractivity contribution is 6.41. The fourth-order valence-corrected chi connectivity index (χ4v) is 3.69. The van der Waals surface area contributed by atoms with Crippen LogP contribution >= 0.6 is 0 Å². The van der Waals surface area contributed by atoms with Gasteiger partial charge in [0.05, 0.1) is 13.7 Å². The van der Waals surface area contributed by atoms with E-state index in [1.165, 1.54) is 7.11 Å². The third kappa shape index (κ3) is 5.67. The van der Waals surface area contributed by atoms with Crippen LogP contribution in [0.5, 0.6) is 0 Å². The second kappa shape index (κ2) is 11.7. The third-order valence-corrected chi connectivity index (χ3v) is 5.26. The van der Waals surface area contributed by atoms with E-state index in [1.807, 2.05) is 30.3 Å². The molecule has 34 heavy (non-hydrogen) atoms. The maximum atomic E-state index is 12.4. The van der Waals surface area contributed by atoms with Crippen molar-refractivity contribution in [2.24, 2.45) is 0 Å². The van der Waals surface area contributed by atoms with E-state index in [2.05, 4.69) is 21.5 Å². The molecular weight excluding hydrogens is 432 g/mol. The number of pyridine rings is 1. The number of ketones is 1. The molecule has 0 spiro atoms. The minimum atomic E-state index is -0.896. The summed E-state index contributed by atoms with van der Waals surface area (Å²) in [6.07, 6.45) is 2.54. The Morgan fingerprint density at radius 2 is 1.62 bits per heavy atom. The fraction of sp³-hybridized carbons (Fsp3) is 0.259. The largest absolute Gasteiger partial charge is 0.463 e. The van der Waals surface area contributed by atoms with Crippen LogP contribution in [-0.4, -0.2) is 43.0 Å². The van der Waals surface area contributed by atoms with E-state index in [0.29, 0.717) is 42.2 Å². The predicted octanol–water partition coefficient (Wildman–Crippen LogP) is 4.70. The summed E-state index contributed by atoms with van der Waals surface area (Å²) in [4.78, 5) is 43.1. The Bertz CT molecular complexity index is 1160. The first-order valence-electron chi connectivity index (χ1n) is 11.2. The van der Waals surface area contributed by atoms with Gasteiger partial charge in [-0.25, -0.2) is 14.6 Å². The molecule has 0 unspecified atom stereocenters. The van der Waals surface area contributed by atoms with Crippen molar-refractivity contribution >= 4 is 23.5 Å². The number of Topliss-reactive ketones (excluding diaryl/α,β-unsaturated/α-hetero) is 1. The van der Waals surface area contributed by atoms with Crippen molar-refractivity contribution in [2.45, 2.75) is 26.8 Å². The van der Waals surface area contributed by atoms with Crippen molar-refractivity contribution in [1.82, 2.24) is 4.98 Å². The second-order valence-electron chi connectivity index (χ2n) is 7.58. The van der Waals surface area contributed by atoms with Crippen LogP contribution in [0.15, 0.2) is 66.9 Å². The Balaban J connectivity index is 1.88. The molecule has 1 aromatic heterocycles. The zero-order valence-corrected chi connectivity index (χ0v) is 19.6. The number of methoxy groups -OCH3 is 1. The number of carbonyl (C=O) groups excluding carboxylic acids is 3. The number of hydrogen-bond donors (Lipinski definition) is 0. The third-order valence-electron chi connectivity index (χ3n) is 5.26. The molecule has 0 N–H and O–H groups in total. The minimum Gasteiger partial charge on any atom is -0.463 e. The van der Waals surface area contributed by atoms with Gasteiger partial charge in [-0.05, 0) is 42.2 Å². The predicted molar refractivity (Wildman–Crippen MR) is 130 cm³/mol. The van der Waals surface area contributed by atoms with Crippen molar-refractivity contribution in [3.05, 3.63) is 83.6 Å². The van der Waals surface area contributed by atoms with E-state index in [1.54, 1.807) is 43.5 Å².